The van der Waals surface area contributed by atoms with Gasteiger partial charge >= 0.3 is 0 Å². The minimum absolute atomic E-state index is 0.129. The molecule has 1 aliphatic rings. The predicted molar refractivity (Wildman–Crippen MR) is 67.9 cm³/mol. The molecule has 3 nitrogen and oxygen atoms in total. The van der Waals surface area contributed by atoms with Gasteiger partial charge in [-0.25, -0.2) is 0 Å². The maximum atomic E-state index is 5.87. The number of ether oxygens (including phenoxy) is 1. The van der Waals surface area contributed by atoms with Crippen LogP contribution in [0.3, 0.4) is 0 Å². The van der Waals surface area contributed by atoms with E-state index in [9.17, 15) is 0 Å². The molecule has 1 aromatic rings. The Morgan fingerprint density at radius 2 is 2.56 bits per heavy atom. The lowest BCUT2D eigenvalue weighted by Gasteiger charge is -2.34. The molecule has 2 N–H and O–H groups in total. The molecular weight excluding hydrogens is 220 g/mol. The van der Waals surface area contributed by atoms with E-state index < -0.39 is 0 Å². The number of rotatable bonds is 4. The van der Waals surface area contributed by atoms with Crippen molar-refractivity contribution in [3.8, 4) is 0 Å². The predicted octanol–water partition coefficient (Wildman–Crippen LogP) is 1.34. The highest BCUT2D eigenvalue weighted by atomic mass is 32.1. The fourth-order valence-corrected chi connectivity index (χ4v) is 2.68. The molecule has 0 aromatic carbocycles. The summed E-state index contributed by atoms with van der Waals surface area (Å²) in [6.45, 7) is 5.96. The number of morpholine rings is 1. The van der Waals surface area contributed by atoms with Gasteiger partial charge in [0.2, 0.25) is 0 Å². The Morgan fingerprint density at radius 1 is 1.69 bits per heavy atom. The second-order valence-corrected chi connectivity index (χ2v) is 5.23. The summed E-state index contributed by atoms with van der Waals surface area (Å²) in [6, 6.07) is 2.33. The third-order valence-electron chi connectivity index (χ3n) is 3.06. The molecule has 0 bridgehead atoms. The van der Waals surface area contributed by atoms with Gasteiger partial charge in [0, 0.05) is 25.7 Å². The van der Waals surface area contributed by atoms with Crippen molar-refractivity contribution >= 4 is 11.3 Å². The normalized spacial score (nSPS) is 24.5. The first-order valence-corrected chi connectivity index (χ1v) is 6.80. The molecule has 1 aliphatic heterocycles. The van der Waals surface area contributed by atoms with Crippen LogP contribution in [0.25, 0.3) is 0 Å². The fraction of sp³-hybridized carbons (Fsp3) is 0.667. The summed E-state index contributed by atoms with van der Waals surface area (Å²) in [5.74, 6) is 0. The Balaban J connectivity index is 1.77. The SMILES string of the molecule is CC(N)C1CN(CCc2ccsc2)CCO1. The van der Waals surface area contributed by atoms with Crippen molar-refractivity contribution < 1.29 is 4.74 Å². The monoisotopic (exact) mass is 240 g/mol. The molecule has 0 aliphatic carbocycles. The molecule has 0 saturated carbocycles. The van der Waals surface area contributed by atoms with Crippen molar-refractivity contribution in [2.45, 2.75) is 25.5 Å². The molecule has 0 radical (unpaired) electrons. The highest BCUT2D eigenvalue weighted by Gasteiger charge is 2.22. The van der Waals surface area contributed by atoms with Crippen molar-refractivity contribution in [2.24, 2.45) is 5.73 Å². The summed E-state index contributed by atoms with van der Waals surface area (Å²) in [7, 11) is 0. The van der Waals surface area contributed by atoms with Gasteiger partial charge in [-0.05, 0) is 35.7 Å². The van der Waals surface area contributed by atoms with Crippen LogP contribution in [0.1, 0.15) is 12.5 Å². The van der Waals surface area contributed by atoms with Crippen LogP contribution in [0.4, 0.5) is 0 Å². The summed E-state index contributed by atoms with van der Waals surface area (Å²) < 4.78 is 5.64. The minimum atomic E-state index is 0.129. The summed E-state index contributed by atoms with van der Waals surface area (Å²) in [6.07, 6.45) is 1.34. The van der Waals surface area contributed by atoms with E-state index in [4.69, 9.17) is 10.5 Å². The third-order valence-corrected chi connectivity index (χ3v) is 3.79. The minimum Gasteiger partial charge on any atom is -0.374 e. The number of nitrogens with zero attached hydrogens (tertiary/aromatic N) is 1. The van der Waals surface area contributed by atoms with E-state index in [0.717, 1.165) is 32.7 Å². The van der Waals surface area contributed by atoms with E-state index in [0.29, 0.717) is 0 Å². The van der Waals surface area contributed by atoms with Crippen molar-refractivity contribution in [3.05, 3.63) is 22.4 Å². The second-order valence-electron chi connectivity index (χ2n) is 4.45. The lowest BCUT2D eigenvalue weighted by atomic mass is 10.1. The molecule has 1 saturated heterocycles. The maximum absolute atomic E-state index is 5.87. The molecular formula is C12H20N2OS. The van der Waals surface area contributed by atoms with Gasteiger partial charge in [0.25, 0.3) is 0 Å². The molecule has 2 heterocycles. The molecule has 2 unspecified atom stereocenters. The van der Waals surface area contributed by atoms with Crippen LogP contribution >= 0.6 is 11.3 Å². The van der Waals surface area contributed by atoms with Gasteiger partial charge in [0.15, 0.2) is 0 Å². The molecule has 0 amide bonds. The second kappa shape index (κ2) is 5.77. The molecule has 16 heavy (non-hydrogen) atoms. The van der Waals surface area contributed by atoms with Gasteiger partial charge in [-0.15, -0.1) is 0 Å². The van der Waals surface area contributed by atoms with Crippen LogP contribution in [-0.4, -0.2) is 43.3 Å². The number of hydrogen-bond acceptors (Lipinski definition) is 4. The van der Waals surface area contributed by atoms with Crippen LogP contribution in [-0.2, 0) is 11.2 Å². The van der Waals surface area contributed by atoms with Crippen molar-refractivity contribution in [1.29, 1.82) is 0 Å². The molecule has 90 valence electrons. The maximum Gasteiger partial charge on any atom is 0.0850 e. The molecule has 4 heteroatoms. The zero-order valence-electron chi connectivity index (χ0n) is 9.76. The van der Waals surface area contributed by atoms with E-state index in [1.54, 1.807) is 11.3 Å². The van der Waals surface area contributed by atoms with Gasteiger partial charge in [0.05, 0.1) is 12.7 Å². The zero-order valence-corrected chi connectivity index (χ0v) is 10.6. The van der Waals surface area contributed by atoms with Crippen molar-refractivity contribution in [3.63, 3.8) is 0 Å². The summed E-state index contributed by atoms with van der Waals surface area (Å²) >= 11 is 1.77. The van der Waals surface area contributed by atoms with Crippen LogP contribution in [0.5, 0.6) is 0 Å². The Bertz CT molecular complexity index is 300. The van der Waals surface area contributed by atoms with Crippen molar-refractivity contribution in [1.82, 2.24) is 4.90 Å². The van der Waals surface area contributed by atoms with Crippen LogP contribution in [0.15, 0.2) is 16.8 Å². The number of nitrogens with two attached hydrogens (primary N) is 1. The van der Waals surface area contributed by atoms with Crippen LogP contribution in [0.2, 0.25) is 0 Å². The quantitative estimate of drug-likeness (QED) is 0.863. The number of thiophene rings is 1. The van der Waals surface area contributed by atoms with E-state index in [2.05, 4.69) is 21.7 Å². The van der Waals surface area contributed by atoms with Crippen LogP contribution in [0, 0.1) is 0 Å². The van der Waals surface area contributed by atoms with Gasteiger partial charge in [-0.2, -0.15) is 11.3 Å². The van der Waals surface area contributed by atoms with Gasteiger partial charge < -0.3 is 10.5 Å². The molecule has 1 fully saturated rings. The van der Waals surface area contributed by atoms with Crippen LogP contribution < -0.4 is 5.73 Å². The van der Waals surface area contributed by atoms with Gasteiger partial charge in [0.1, 0.15) is 0 Å². The van der Waals surface area contributed by atoms with E-state index >= 15 is 0 Å². The van der Waals surface area contributed by atoms with E-state index in [1.807, 2.05) is 6.92 Å². The average molecular weight is 240 g/mol. The Labute approximate surface area is 101 Å². The molecule has 2 rings (SSSR count). The highest BCUT2D eigenvalue weighted by Crippen LogP contribution is 2.11. The van der Waals surface area contributed by atoms with Crippen molar-refractivity contribution in [2.75, 3.05) is 26.2 Å². The Morgan fingerprint density at radius 3 is 3.25 bits per heavy atom. The zero-order chi connectivity index (χ0) is 11.4. The first-order chi connectivity index (χ1) is 7.75. The molecule has 1 aromatic heterocycles. The van der Waals surface area contributed by atoms with Gasteiger partial charge in [-0.3, -0.25) is 4.90 Å². The third kappa shape index (κ3) is 3.28. The highest BCUT2D eigenvalue weighted by molar-refractivity contribution is 7.07. The first-order valence-electron chi connectivity index (χ1n) is 5.86. The van der Waals surface area contributed by atoms with E-state index in [-0.39, 0.29) is 12.1 Å². The Kier molecular flexibility index (Phi) is 4.35. The smallest absolute Gasteiger partial charge is 0.0850 e. The molecule has 0 spiro atoms. The van der Waals surface area contributed by atoms with E-state index in [1.165, 1.54) is 5.56 Å². The summed E-state index contributed by atoms with van der Waals surface area (Å²) in [4.78, 5) is 2.45. The molecule has 2 atom stereocenters. The van der Waals surface area contributed by atoms with Gasteiger partial charge in [-0.1, -0.05) is 0 Å². The lowest BCUT2D eigenvalue weighted by molar-refractivity contribution is -0.0371. The number of hydrogen-bond donors (Lipinski definition) is 1. The average Bonchev–Trinajstić information content (AvgIpc) is 2.79. The largest absolute Gasteiger partial charge is 0.374 e. The lowest BCUT2D eigenvalue weighted by Crippen LogP contribution is -2.49. The standard InChI is InChI=1S/C12H20N2OS/c1-10(13)12-8-14(5-6-15-12)4-2-11-3-7-16-9-11/h3,7,9-10,12H,2,4-6,8,13H2,1H3. The first kappa shape index (κ1) is 12.0. The topological polar surface area (TPSA) is 38.5 Å². The Hall–Kier alpha value is -0.420. The summed E-state index contributed by atoms with van der Waals surface area (Å²) in [5, 5.41) is 4.36. The fourth-order valence-electron chi connectivity index (χ4n) is 1.97. The summed E-state index contributed by atoms with van der Waals surface area (Å²) in [5.41, 5.74) is 7.31.